The van der Waals surface area contributed by atoms with Gasteiger partial charge in [-0.15, -0.1) is 0 Å². The molecule has 0 spiro atoms. The first kappa shape index (κ1) is 18.0. The molecule has 2 N–H and O–H groups in total. The number of amides is 1. The molecule has 1 amide bonds. The first-order chi connectivity index (χ1) is 12.0. The van der Waals surface area contributed by atoms with Gasteiger partial charge in [0.25, 0.3) is 5.91 Å². The third-order valence-corrected chi connectivity index (χ3v) is 5.75. The zero-order chi connectivity index (χ0) is 18.0. The van der Waals surface area contributed by atoms with Gasteiger partial charge < -0.3 is 10.6 Å². The molecule has 0 bridgehead atoms. The summed E-state index contributed by atoms with van der Waals surface area (Å²) in [5, 5.41) is 0.553. The van der Waals surface area contributed by atoms with Crippen molar-refractivity contribution in [2.24, 2.45) is 10.9 Å². The van der Waals surface area contributed by atoms with E-state index in [4.69, 9.17) is 17.3 Å². The van der Waals surface area contributed by atoms with Gasteiger partial charge >= 0.3 is 0 Å². The Morgan fingerprint density at radius 3 is 2.68 bits per heavy atom. The summed E-state index contributed by atoms with van der Waals surface area (Å²) in [6.07, 6.45) is 6.31. The van der Waals surface area contributed by atoms with Crippen LogP contribution >= 0.6 is 11.6 Å². The number of halogens is 1. The Morgan fingerprint density at radius 1 is 1.32 bits per heavy atom. The monoisotopic (exact) mass is 359 g/mol. The molecule has 1 aromatic carbocycles. The molecule has 3 rings (SSSR count). The number of nitrogen functional groups attached to an aromatic ring is 1. The highest BCUT2D eigenvalue weighted by Gasteiger charge is 2.30. The maximum Gasteiger partial charge on any atom is 0.252 e. The van der Waals surface area contributed by atoms with Crippen molar-refractivity contribution in [3.05, 3.63) is 40.4 Å². The van der Waals surface area contributed by atoms with Gasteiger partial charge in [0.2, 0.25) is 0 Å². The molecule has 1 fully saturated rings. The number of carbonyl (C=O) groups is 1. The van der Waals surface area contributed by atoms with E-state index < -0.39 is 0 Å². The molecule has 1 heterocycles. The molecule has 134 valence electrons. The van der Waals surface area contributed by atoms with E-state index in [0.29, 0.717) is 23.8 Å². The minimum atomic E-state index is 0.0821. The molecule has 0 saturated heterocycles. The van der Waals surface area contributed by atoms with Gasteiger partial charge in [-0.2, -0.15) is 0 Å². The Morgan fingerprint density at radius 2 is 2.04 bits per heavy atom. The highest BCUT2D eigenvalue weighted by molar-refractivity contribution is 6.33. The lowest BCUT2D eigenvalue weighted by Gasteiger charge is -2.36. The molecular weight excluding hydrogens is 334 g/mol. The predicted molar refractivity (Wildman–Crippen MR) is 104 cm³/mol. The van der Waals surface area contributed by atoms with E-state index >= 15 is 0 Å². The molecule has 0 unspecified atom stereocenters. The lowest BCUT2D eigenvalue weighted by atomic mass is 9.86. The molecule has 2 aliphatic rings. The number of allylic oxidation sites excluding steroid dienone is 1. The predicted octanol–water partition coefficient (Wildman–Crippen LogP) is 4.23. The van der Waals surface area contributed by atoms with E-state index in [2.05, 4.69) is 11.9 Å². The topological polar surface area (TPSA) is 58.7 Å². The first-order valence-corrected chi connectivity index (χ1v) is 9.39. The Hall–Kier alpha value is -1.81. The number of hydrogen-bond acceptors (Lipinski definition) is 3. The van der Waals surface area contributed by atoms with Gasteiger partial charge in [-0.25, -0.2) is 0 Å². The van der Waals surface area contributed by atoms with E-state index in [1.165, 1.54) is 0 Å². The summed E-state index contributed by atoms with van der Waals surface area (Å²) in [6, 6.07) is 5.89. The number of aliphatic imine (C=N–C) groups is 1. The second-order valence-corrected chi connectivity index (χ2v) is 7.67. The van der Waals surface area contributed by atoms with Crippen molar-refractivity contribution >= 4 is 28.9 Å². The number of hydrogen-bond donors (Lipinski definition) is 1. The van der Waals surface area contributed by atoms with Gasteiger partial charge in [0.15, 0.2) is 0 Å². The second-order valence-electron chi connectivity index (χ2n) is 7.29. The SMILES string of the molecule is CC1=NCC(C(=O)N(Cc2cccc(N)c2Cl)C2CCC(C)CC2)=C1. The molecule has 0 aromatic heterocycles. The summed E-state index contributed by atoms with van der Waals surface area (Å²) >= 11 is 6.39. The van der Waals surface area contributed by atoms with E-state index in [1.54, 1.807) is 6.07 Å². The van der Waals surface area contributed by atoms with Crippen LogP contribution in [-0.2, 0) is 11.3 Å². The maximum atomic E-state index is 13.2. The molecule has 1 aromatic rings. The first-order valence-electron chi connectivity index (χ1n) is 9.01. The molecule has 4 nitrogen and oxygen atoms in total. The van der Waals surface area contributed by atoms with Crippen molar-refractivity contribution in [1.82, 2.24) is 4.90 Å². The molecule has 0 atom stereocenters. The van der Waals surface area contributed by atoms with E-state index in [0.717, 1.165) is 48.4 Å². The van der Waals surface area contributed by atoms with Gasteiger partial charge in [-0.3, -0.25) is 9.79 Å². The largest absolute Gasteiger partial charge is 0.398 e. The fourth-order valence-electron chi connectivity index (χ4n) is 3.69. The van der Waals surface area contributed by atoms with Crippen molar-refractivity contribution in [2.75, 3.05) is 12.3 Å². The van der Waals surface area contributed by atoms with Crippen LogP contribution in [0.1, 0.15) is 45.1 Å². The Labute approximate surface area is 154 Å². The van der Waals surface area contributed by atoms with Gasteiger partial charge in [-0.1, -0.05) is 30.7 Å². The van der Waals surface area contributed by atoms with Crippen molar-refractivity contribution in [3.63, 3.8) is 0 Å². The molecule has 1 aliphatic carbocycles. The molecule has 25 heavy (non-hydrogen) atoms. The van der Waals surface area contributed by atoms with Gasteiger partial charge in [0, 0.05) is 23.9 Å². The van der Waals surface area contributed by atoms with Crippen LogP contribution in [0.15, 0.2) is 34.8 Å². The van der Waals surface area contributed by atoms with Crippen molar-refractivity contribution in [1.29, 1.82) is 0 Å². The zero-order valence-electron chi connectivity index (χ0n) is 15.0. The second kappa shape index (κ2) is 7.61. The number of carbonyl (C=O) groups excluding carboxylic acids is 1. The van der Waals surface area contributed by atoms with Crippen LogP contribution in [-0.4, -0.2) is 29.1 Å². The summed E-state index contributed by atoms with van der Waals surface area (Å²) in [7, 11) is 0. The van der Waals surface area contributed by atoms with Gasteiger partial charge in [-0.05, 0) is 56.2 Å². The molecular formula is C20H26ClN3O. The van der Waals surface area contributed by atoms with Crippen LogP contribution in [0, 0.1) is 5.92 Å². The van der Waals surface area contributed by atoms with E-state index in [1.807, 2.05) is 30.0 Å². The summed E-state index contributed by atoms with van der Waals surface area (Å²) < 4.78 is 0. The molecule has 1 saturated carbocycles. The average molecular weight is 360 g/mol. The fraction of sp³-hybridized carbons (Fsp3) is 0.500. The maximum absolute atomic E-state index is 13.2. The van der Waals surface area contributed by atoms with Crippen LogP contribution in [0.4, 0.5) is 5.69 Å². The molecule has 0 radical (unpaired) electrons. The number of anilines is 1. The van der Waals surface area contributed by atoms with Crippen LogP contribution in [0.2, 0.25) is 5.02 Å². The number of nitrogens with two attached hydrogens (primary N) is 1. The quantitative estimate of drug-likeness (QED) is 0.818. The van der Waals surface area contributed by atoms with Crippen LogP contribution < -0.4 is 5.73 Å². The Balaban J connectivity index is 1.85. The van der Waals surface area contributed by atoms with Crippen molar-refractivity contribution < 1.29 is 4.79 Å². The van der Waals surface area contributed by atoms with Crippen LogP contribution in [0.25, 0.3) is 0 Å². The lowest BCUT2D eigenvalue weighted by molar-refractivity contribution is -0.131. The van der Waals surface area contributed by atoms with Gasteiger partial charge in [0.1, 0.15) is 0 Å². The number of benzene rings is 1. The third-order valence-electron chi connectivity index (χ3n) is 5.29. The van der Waals surface area contributed by atoms with E-state index in [-0.39, 0.29) is 11.9 Å². The normalized spacial score (nSPS) is 23.2. The van der Waals surface area contributed by atoms with Crippen LogP contribution in [0.3, 0.4) is 0 Å². The lowest BCUT2D eigenvalue weighted by Crippen LogP contribution is -2.42. The Bertz CT molecular complexity index is 718. The van der Waals surface area contributed by atoms with Gasteiger partial charge in [0.05, 0.1) is 17.3 Å². The summed E-state index contributed by atoms with van der Waals surface area (Å²) in [5.74, 6) is 0.819. The number of nitrogens with zero attached hydrogens (tertiary/aromatic N) is 2. The Kier molecular flexibility index (Phi) is 5.48. The summed E-state index contributed by atoms with van der Waals surface area (Å²) in [4.78, 5) is 19.5. The van der Waals surface area contributed by atoms with E-state index in [9.17, 15) is 4.79 Å². The average Bonchev–Trinajstić information content (AvgIpc) is 3.03. The molecule has 5 heteroatoms. The zero-order valence-corrected chi connectivity index (χ0v) is 15.7. The summed E-state index contributed by atoms with van der Waals surface area (Å²) in [5.41, 5.74) is 9.10. The smallest absolute Gasteiger partial charge is 0.252 e. The van der Waals surface area contributed by atoms with Crippen LogP contribution in [0.5, 0.6) is 0 Å². The fourth-order valence-corrected chi connectivity index (χ4v) is 3.88. The highest BCUT2D eigenvalue weighted by atomic mass is 35.5. The number of rotatable bonds is 4. The summed E-state index contributed by atoms with van der Waals surface area (Å²) in [6.45, 7) is 5.20. The highest BCUT2D eigenvalue weighted by Crippen LogP contribution is 2.31. The minimum absolute atomic E-state index is 0.0821. The third kappa shape index (κ3) is 4.06. The standard InChI is InChI=1S/C20H26ClN3O/c1-13-6-8-17(9-7-13)24(20(25)16-10-14(2)23-11-16)12-15-4-3-5-18(22)19(15)21/h3-5,10,13,17H,6-9,11-12,22H2,1-2H3. The molecule has 1 aliphatic heterocycles. The van der Waals surface area contributed by atoms with Crippen molar-refractivity contribution in [3.8, 4) is 0 Å². The minimum Gasteiger partial charge on any atom is -0.398 e. The van der Waals surface area contributed by atoms with Crippen molar-refractivity contribution in [2.45, 2.75) is 52.1 Å².